The summed E-state index contributed by atoms with van der Waals surface area (Å²) in [5.74, 6) is -0.0569. The highest BCUT2D eigenvalue weighted by atomic mass is 19.1. The highest BCUT2D eigenvalue weighted by Crippen LogP contribution is 2.31. The first kappa shape index (κ1) is 15.0. The van der Waals surface area contributed by atoms with Crippen LogP contribution in [0.2, 0.25) is 0 Å². The van der Waals surface area contributed by atoms with Gasteiger partial charge >= 0.3 is 0 Å². The van der Waals surface area contributed by atoms with Gasteiger partial charge in [0.05, 0.1) is 6.04 Å². The molecule has 1 aliphatic heterocycles. The van der Waals surface area contributed by atoms with Crippen molar-refractivity contribution < 1.29 is 8.78 Å². The van der Waals surface area contributed by atoms with Gasteiger partial charge in [-0.1, -0.05) is 12.1 Å². The summed E-state index contributed by atoms with van der Waals surface area (Å²) in [7, 11) is 0. The molecule has 1 heterocycles. The monoisotopic (exact) mass is 302 g/mol. The first-order valence-electron chi connectivity index (χ1n) is 7.70. The van der Waals surface area contributed by atoms with Crippen molar-refractivity contribution in [3.05, 3.63) is 65.7 Å². The number of anilines is 1. The van der Waals surface area contributed by atoms with Crippen LogP contribution in [0.15, 0.2) is 48.5 Å². The largest absolute Gasteiger partial charge is 0.378 e. The molecule has 22 heavy (non-hydrogen) atoms. The number of nitrogens with one attached hydrogen (secondary N) is 2. The Labute approximate surface area is 129 Å². The Balaban J connectivity index is 1.84. The summed E-state index contributed by atoms with van der Waals surface area (Å²) in [4.78, 5) is 0. The fourth-order valence-electron chi connectivity index (χ4n) is 3.03. The predicted molar refractivity (Wildman–Crippen MR) is 84.8 cm³/mol. The van der Waals surface area contributed by atoms with Crippen molar-refractivity contribution in [2.24, 2.45) is 5.92 Å². The molecule has 2 N–H and O–H groups in total. The number of hydrogen-bond acceptors (Lipinski definition) is 2. The van der Waals surface area contributed by atoms with Crippen molar-refractivity contribution >= 4 is 5.69 Å². The molecule has 116 valence electrons. The smallest absolute Gasteiger partial charge is 0.123 e. The van der Waals surface area contributed by atoms with E-state index in [4.69, 9.17) is 0 Å². The second-order valence-corrected chi connectivity index (χ2v) is 5.79. The van der Waals surface area contributed by atoms with Crippen molar-refractivity contribution in [3.63, 3.8) is 0 Å². The average Bonchev–Trinajstić information content (AvgIpc) is 2.56. The molecule has 0 amide bonds. The lowest BCUT2D eigenvalue weighted by molar-refractivity contribution is 0.339. The third-order valence-corrected chi connectivity index (χ3v) is 4.20. The van der Waals surface area contributed by atoms with Crippen LogP contribution >= 0.6 is 0 Å². The fraction of sp³-hybridized carbons (Fsp3) is 0.333. The van der Waals surface area contributed by atoms with Crippen LogP contribution in [0.1, 0.15) is 24.4 Å². The third-order valence-electron chi connectivity index (χ3n) is 4.20. The highest BCUT2D eigenvalue weighted by Gasteiger charge is 2.25. The van der Waals surface area contributed by atoms with Crippen LogP contribution in [0.4, 0.5) is 14.5 Å². The second kappa shape index (κ2) is 6.88. The average molecular weight is 302 g/mol. The van der Waals surface area contributed by atoms with Gasteiger partial charge in [-0.2, -0.15) is 0 Å². The lowest BCUT2D eigenvalue weighted by Crippen LogP contribution is -2.35. The fourth-order valence-corrected chi connectivity index (χ4v) is 3.03. The summed E-state index contributed by atoms with van der Waals surface area (Å²) < 4.78 is 26.3. The van der Waals surface area contributed by atoms with Crippen LogP contribution in [0.25, 0.3) is 0 Å². The minimum Gasteiger partial charge on any atom is -0.378 e. The molecule has 0 aliphatic carbocycles. The first-order valence-corrected chi connectivity index (χ1v) is 7.70. The number of benzene rings is 2. The van der Waals surface area contributed by atoms with E-state index in [9.17, 15) is 8.78 Å². The Bertz CT molecular complexity index is 589. The molecule has 3 rings (SSSR count). The Hall–Kier alpha value is -1.94. The second-order valence-electron chi connectivity index (χ2n) is 5.79. The van der Waals surface area contributed by atoms with Crippen LogP contribution in [0, 0.1) is 17.6 Å². The summed E-state index contributed by atoms with van der Waals surface area (Å²) in [6.07, 6.45) is 2.25. The van der Waals surface area contributed by atoms with Crippen LogP contribution in [0.5, 0.6) is 0 Å². The molecule has 2 aromatic rings. The zero-order valence-corrected chi connectivity index (χ0v) is 12.4. The molecule has 2 atom stereocenters. The minimum atomic E-state index is -0.247. The highest BCUT2D eigenvalue weighted by molar-refractivity contribution is 5.46. The van der Waals surface area contributed by atoms with Gasteiger partial charge in [0.2, 0.25) is 0 Å². The van der Waals surface area contributed by atoms with E-state index >= 15 is 0 Å². The SMILES string of the molecule is Fc1ccc(NC(c2ccc(F)cc2)C2CCCNC2)cc1. The molecule has 0 radical (unpaired) electrons. The van der Waals surface area contributed by atoms with Gasteiger partial charge in [0, 0.05) is 12.2 Å². The van der Waals surface area contributed by atoms with Crippen LogP contribution in [-0.4, -0.2) is 13.1 Å². The van der Waals surface area contributed by atoms with Crippen molar-refractivity contribution in [1.82, 2.24) is 5.32 Å². The van der Waals surface area contributed by atoms with Crippen molar-refractivity contribution in [2.45, 2.75) is 18.9 Å². The van der Waals surface area contributed by atoms with E-state index in [0.29, 0.717) is 5.92 Å². The maximum atomic E-state index is 13.2. The molecule has 0 saturated carbocycles. The van der Waals surface area contributed by atoms with Gasteiger partial charge in [-0.05, 0) is 67.3 Å². The van der Waals surface area contributed by atoms with E-state index in [-0.39, 0.29) is 17.7 Å². The lowest BCUT2D eigenvalue weighted by atomic mass is 9.87. The standard InChI is InChI=1S/C18H20F2N2/c19-15-5-3-13(4-6-15)18(14-2-1-11-21-12-14)22-17-9-7-16(20)8-10-17/h3-10,14,18,21-22H,1-2,11-12H2. The van der Waals surface area contributed by atoms with E-state index < -0.39 is 0 Å². The molecule has 2 unspecified atom stereocenters. The molecule has 0 spiro atoms. The molecule has 1 saturated heterocycles. The van der Waals surface area contributed by atoms with Gasteiger partial charge in [-0.3, -0.25) is 0 Å². The lowest BCUT2D eigenvalue weighted by Gasteiger charge is -2.32. The number of hydrogen-bond donors (Lipinski definition) is 2. The molecule has 0 bridgehead atoms. The van der Waals surface area contributed by atoms with Gasteiger partial charge in [0.15, 0.2) is 0 Å². The van der Waals surface area contributed by atoms with Crippen molar-refractivity contribution in [2.75, 3.05) is 18.4 Å². The van der Waals surface area contributed by atoms with Gasteiger partial charge in [-0.15, -0.1) is 0 Å². The van der Waals surface area contributed by atoms with Crippen LogP contribution < -0.4 is 10.6 Å². The van der Waals surface area contributed by atoms with Gasteiger partial charge in [-0.25, -0.2) is 8.78 Å². The topological polar surface area (TPSA) is 24.1 Å². The van der Waals surface area contributed by atoms with E-state index in [1.54, 1.807) is 12.1 Å². The summed E-state index contributed by atoms with van der Waals surface area (Å²) >= 11 is 0. The van der Waals surface area contributed by atoms with Crippen molar-refractivity contribution in [3.8, 4) is 0 Å². The van der Waals surface area contributed by atoms with E-state index in [1.807, 2.05) is 12.1 Å². The van der Waals surface area contributed by atoms with Gasteiger partial charge < -0.3 is 10.6 Å². The summed E-state index contributed by atoms with van der Waals surface area (Å²) in [5, 5.41) is 6.90. The zero-order chi connectivity index (χ0) is 15.4. The normalized spacial score (nSPS) is 19.6. The molecular formula is C18H20F2N2. The van der Waals surface area contributed by atoms with Crippen molar-refractivity contribution in [1.29, 1.82) is 0 Å². The molecule has 2 aromatic carbocycles. The van der Waals surface area contributed by atoms with Crippen LogP contribution in [-0.2, 0) is 0 Å². The van der Waals surface area contributed by atoms with E-state index in [2.05, 4.69) is 10.6 Å². The Kier molecular flexibility index (Phi) is 4.68. The predicted octanol–water partition coefficient (Wildman–Crippen LogP) is 4.12. The zero-order valence-electron chi connectivity index (χ0n) is 12.4. The number of halogens is 2. The first-order chi connectivity index (χ1) is 10.7. The maximum absolute atomic E-state index is 13.2. The summed E-state index contributed by atoms with van der Waals surface area (Å²) in [5.41, 5.74) is 1.93. The Morgan fingerprint density at radius 3 is 2.18 bits per heavy atom. The van der Waals surface area contributed by atoms with Gasteiger partial charge in [0.25, 0.3) is 0 Å². The third kappa shape index (κ3) is 3.63. The molecular weight excluding hydrogens is 282 g/mol. The minimum absolute atomic E-state index is 0.0823. The maximum Gasteiger partial charge on any atom is 0.123 e. The molecule has 0 aromatic heterocycles. The Morgan fingerprint density at radius 2 is 1.59 bits per heavy atom. The summed E-state index contributed by atoms with van der Waals surface area (Å²) in [6.45, 7) is 1.97. The van der Waals surface area contributed by atoms with Crippen LogP contribution in [0.3, 0.4) is 0 Å². The van der Waals surface area contributed by atoms with E-state index in [0.717, 1.165) is 37.2 Å². The molecule has 4 heteroatoms. The number of piperidine rings is 1. The Morgan fingerprint density at radius 1 is 0.955 bits per heavy atom. The molecule has 2 nitrogen and oxygen atoms in total. The number of rotatable bonds is 4. The molecule has 1 fully saturated rings. The molecule has 1 aliphatic rings. The summed E-state index contributed by atoms with van der Waals surface area (Å²) in [6, 6.07) is 13.1. The quantitative estimate of drug-likeness (QED) is 0.888. The van der Waals surface area contributed by atoms with Gasteiger partial charge in [0.1, 0.15) is 11.6 Å². The van der Waals surface area contributed by atoms with E-state index in [1.165, 1.54) is 24.3 Å².